The fraction of sp³-hybridized carbons (Fsp3) is 0.750. The summed E-state index contributed by atoms with van der Waals surface area (Å²) in [5, 5.41) is 6.50. The highest BCUT2D eigenvalue weighted by Gasteiger charge is 2.16. The van der Waals surface area contributed by atoms with Gasteiger partial charge in [-0.3, -0.25) is 0 Å². The van der Waals surface area contributed by atoms with Crippen molar-refractivity contribution in [1.29, 1.82) is 0 Å². The van der Waals surface area contributed by atoms with Gasteiger partial charge in [-0.1, -0.05) is 6.92 Å². The maximum atomic E-state index is 5.41. The first kappa shape index (κ1) is 13.8. The SMILES string of the molecule is CCCNc1nc(OCC)nc(N2CCNCC2)n1. The number of hydrogen-bond acceptors (Lipinski definition) is 7. The second-order valence-corrected chi connectivity index (χ2v) is 4.34. The summed E-state index contributed by atoms with van der Waals surface area (Å²) < 4.78 is 5.41. The molecule has 1 aromatic rings. The van der Waals surface area contributed by atoms with E-state index in [4.69, 9.17) is 4.74 Å². The Labute approximate surface area is 113 Å². The predicted octanol–water partition coefficient (Wildman–Crippen LogP) is 0.502. The van der Waals surface area contributed by atoms with Gasteiger partial charge in [-0.2, -0.15) is 15.0 Å². The fourth-order valence-electron chi connectivity index (χ4n) is 1.86. The molecule has 7 nitrogen and oxygen atoms in total. The summed E-state index contributed by atoms with van der Waals surface area (Å²) in [6.07, 6.45) is 1.03. The molecule has 0 atom stereocenters. The van der Waals surface area contributed by atoms with Crippen LogP contribution in [0.5, 0.6) is 6.01 Å². The summed E-state index contributed by atoms with van der Waals surface area (Å²) in [4.78, 5) is 15.2. The Morgan fingerprint density at radius 3 is 2.68 bits per heavy atom. The first-order chi connectivity index (χ1) is 9.33. The van der Waals surface area contributed by atoms with Crippen molar-refractivity contribution < 1.29 is 4.74 Å². The minimum Gasteiger partial charge on any atom is -0.464 e. The summed E-state index contributed by atoms with van der Waals surface area (Å²) in [5.74, 6) is 1.28. The molecule has 1 aliphatic heterocycles. The number of nitrogens with zero attached hydrogens (tertiary/aromatic N) is 4. The van der Waals surface area contributed by atoms with Crippen molar-refractivity contribution >= 4 is 11.9 Å². The zero-order chi connectivity index (χ0) is 13.5. The van der Waals surface area contributed by atoms with Crippen LogP contribution in [-0.2, 0) is 0 Å². The summed E-state index contributed by atoms with van der Waals surface area (Å²) in [6, 6.07) is 0.393. The van der Waals surface area contributed by atoms with Gasteiger partial charge < -0.3 is 20.3 Å². The van der Waals surface area contributed by atoms with E-state index >= 15 is 0 Å². The van der Waals surface area contributed by atoms with Crippen molar-refractivity contribution in [3.63, 3.8) is 0 Å². The quantitative estimate of drug-likeness (QED) is 0.776. The molecule has 106 valence electrons. The molecule has 1 fully saturated rings. The summed E-state index contributed by atoms with van der Waals surface area (Å²) in [7, 11) is 0. The Hall–Kier alpha value is -1.63. The number of piperazine rings is 1. The zero-order valence-corrected chi connectivity index (χ0v) is 11.6. The molecule has 0 spiro atoms. The third-order valence-corrected chi connectivity index (χ3v) is 2.81. The lowest BCUT2D eigenvalue weighted by atomic mass is 10.4. The highest BCUT2D eigenvalue weighted by atomic mass is 16.5. The monoisotopic (exact) mass is 266 g/mol. The molecule has 2 rings (SSSR count). The molecular formula is C12H22N6O. The number of aromatic nitrogens is 3. The largest absolute Gasteiger partial charge is 0.464 e. The van der Waals surface area contributed by atoms with E-state index in [1.807, 2.05) is 6.92 Å². The van der Waals surface area contributed by atoms with Gasteiger partial charge in [-0.15, -0.1) is 0 Å². The number of nitrogens with one attached hydrogen (secondary N) is 2. The van der Waals surface area contributed by atoms with Crippen LogP contribution in [0.4, 0.5) is 11.9 Å². The third kappa shape index (κ3) is 3.92. The van der Waals surface area contributed by atoms with Crippen molar-refractivity contribution in [3.05, 3.63) is 0 Å². The third-order valence-electron chi connectivity index (χ3n) is 2.81. The number of anilines is 2. The van der Waals surface area contributed by atoms with Gasteiger partial charge in [0.25, 0.3) is 0 Å². The molecule has 1 aromatic heterocycles. The first-order valence-electron chi connectivity index (χ1n) is 6.92. The minimum absolute atomic E-state index is 0.393. The van der Waals surface area contributed by atoms with Crippen LogP contribution in [0, 0.1) is 0 Å². The van der Waals surface area contributed by atoms with Crippen LogP contribution in [0.15, 0.2) is 0 Å². The molecule has 2 heterocycles. The van der Waals surface area contributed by atoms with E-state index < -0.39 is 0 Å². The van der Waals surface area contributed by atoms with Crippen molar-refractivity contribution in [3.8, 4) is 6.01 Å². The maximum Gasteiger partial charge on any atom is 0.323 e. The Balaban J connectivity index is 2.17. The van der Waals surface area contributed by atoms with Crippen LogP contribution in [0.25, 0.3) is 0 Å². The molecule has 2 N–H and O–H groups in total. The lowest BCUT2D eigenvalue weighted by molar-refractivity contribution is 0.311. The van der Waals surface area contributed by atoms with Gasteiger partial charge in [-0.05, 0) is 13.3 Å². The van der Waals surface area contributed by atoms with Crippen molar-refractivity contribution in [2.24, 2.45) is 0 Å². The Kier molecular flexibility index (Phi) is 5.14. The molecule has 0 radical (unpaired) electrons. The lowest BCUT2D eigenvalue weighted by Gasteiger charge is -2.27. The van der Waals surface area contributed by atoms with Crippen molar-refractivity contribution in [2.75, 3.05) is 49.5 Å². The van der Waals surface area contributed by atoms with E-state index in [9.17, 15) is 0 Å². The van der Waals surface area contributed by atoms with Crippen LogP contribution in [-0.4, -0.2) is 54.3 Å². The van der Waals surface area contributed by atoms with E-state index in [1.165, 1.54) is 0 Å². The van der Waals surface area contributed by atoms with Gasteiger partial charge in [0, 0.05) is 32.7 Å². The van der Waals surface area contributed by atoms with E-state index in [1.54, 1.807) is 0 Å². The topological polar surface area (TPSA) is 75.2 Å². The van der Waals surface area contributed by atoms with Crippen molar-refractivity contribution in [1.82, 2.24) is 20.3 Å². The molecule has 0 aromatic carbocycles. The standard InChI is InChI=1S/C12H22N6O/c1-3-5-14-10-15-11(17-12(16-10)19-4-2)18-8-6-13-7-9-18/h13H,3-9H2,1-2H3,(H,14,15,16,17). The average Bonchev–Trinajstić information content (AvgIpc) is 2.46. The average molecular weight is 266 g/mol. The molecule has 0 amide bonds. The van der Waals surface area contributed by atoms with E-state index in [0.717, 1.165) is 39.1 Å². The van der Waals surface area contributed by atoms with Crippen LogP contribution >= 0.6 is 0 Å². The van der Waals surface area contributed by atoms with Crippen LogP contribution in [0.1, 0.15) is 20.3 Å². The summed E-state index contributed by atoms with van der Waals surface area (Å²) in [6.45, 7) is 9.14. The predicted molar refractivity (Wildman–Crippen MR) is 74.9 cm³/mol. The van der Waals surface area contributed by atoms with E-state index in [2.05, 4.69) is 37.4 Å². The number of rotatable bonds is 6. The number of ether oxygens (including phenoxy) is 1. The molecule has 0 aliphatic carbocycles. The molecular weight excluding hydrogens is 244 g/mol. The zero-order valence-electron chi connectivity index (χ0n) is 11.6. The highest BCUT2D eigenvalue weighted by molar-refractivity contribution is 5.38. The Morgan fingerprint density at radius 1 is 1.21 bits per heavy atom. The van der Waals surface area contributed by atoms with Gasteiger partial charge >= 0.3 is 6.01 Å². The molecule has 7 heteroatoms. The normalized spacial score (nSPS) is 15.4. The molecule has 1 aliphatic rings. The second kappa shape index (κ2) is 7.08. The highest BCUT2D eigenvalue weighted by Crippen LogP contribution is 2.15. The van der Waals surface area contributed by atoms with Gasteiger partial charge in [0.05, 0.1) is 6.61 Å². The van der Waals surface area contributed by atoms with Crippen LogP contribution in [0.3, 0.4) is 0 Å². The molecule has 0 unspecified atom stereocenters. The maximum absolute atomic E-state index is 5.41. The van der Waals surface area contributed by atoms with Gasteiger partial charge in [-0.25, -0.2) is 0 Å². The smallest absolute Gasteiger partial charge is 0.323 e. The van der Waals surface area contributed by atoms with Crippen LogP contribution in [0.2, 0.25) is 0 Å². The Bertz CT molecular complexity index is 394. The summed E-state index contributed by atoms with van der Waals surface area (Å²) >= 11 is 0. The molecule has 19 heavy (non-hydrogen) atoms. The number of hydrogen-bond donors (Lipinski definition) is 2. The lowest BCUT2D eigenvalue weighted by Crippen LogP contribution is -2.44. The van der Waals surface area contributed by atoms with E-state index in [0.29, 0.717) is 24.5 Å². The Morgan fingerprint density at radius 2 is 2.00 bits per heavy atom. The van der Waals surface area contributed by atoms with Crippen molar-refractivity contribution in [2.45, 2.75) is 20.3 Å². The minimum atomic E-state index is 0.393. The van der Waals surface area contributed by atoms with Gasteiger partial charge in [0.1, 0.15) is 0 Å². The second-order valence-electron chi connectivity index (χ2n) is 4.34. The van der Waals surface area contributed by atoms with E-state index in [-0.39, 0.29) is 0 Å². The van der Waals surface area contributed by atoms with Gasteiger partial charge in [0.2, 0.25) is 11.9 Å². The molecule has 0 saturated carbocycles. The molecule has 1 saturated heterocycles. The fourth-order valence-corrected chi connectivity index (χ4v) is 1.86. The van der Waals surface area contributed by atoms with Crippen LogP contribution < -0.4 is 20.3 Å². The first-order valence-corrected chi connectivity index (χ1v) is 6.92. The summed E-state index contributed by atoms with van der Waals surface area (Å²) in [5.41, 5.74) is 0. The van der Waals surface area contributed by atoms with Gasteiger partial charge in [0.15, 0.2) is 0 Å². The molecule has 0 bridgehead atoms.